The number of benzene rings is 1. The van der Waals surface area contributed by atoms with Gasteiger partial charge in [-0.05, 0) is 40.5 Å². The molecular formula is C11H11BrF3NO2. The van der Waals surface area contributed by atoms with Crippen molar-refractivity contribution in [2.45, 2.75) is 25.6 Å². The minimum absolute atomic E-state index is 0.110. The number of halogens is 4. The number of hydrogen-bond acceptors (Lipinski definition) is 2. The van der Waals surface area contributed by atoms with Gasteiger partial charge >= 0.3 is 12.1 Å². The summed E-state index contributed by atoms with van der Waals surface area (Å²) in [6.45, 7) is 1.63. The van der Waals surface area contributed by atoms with Gasteiger partial charge in [0.15, 0.2) is 0 Å². The molecule has 0 saturated carbocycles. The van der Waals surface area contributed by atoms with Crippen LogP contribution in [0.1, 0.15) is 18.9 Å². The Hall–Kier alpha value is -1.24. The summed E-state index contributed by atoms with van der Waals surface area (Å²) in [5.41, 5.74) is -0.715. The maximum Gasteiger partial charge on any atom is 0.416 e. The highest BCUT2D eigenvalue weighted by atomic mass is 79.9. The van der Waals surface area contributed by atoms with E-state index in [9.17, 15) is 18.0 Å². The molecule has 0 saturated heterocycles. The van der Waals surface area contributed by atoms with Gasteiger partial charge < -0.3 is 10.4 Å². The molecule has 0 amide bonds. The van der Waals surface area contributed by atoms with Crippen LogP contribution in [-0.4, -0.2) is 17.1 Å². The third kappa shape index (κ3) is 3.63. The number of carboxylic acids is 1. The molecular weight excluding hydrogens is 315 g/mol. The molecule has 1 aromatic carbocycles. The van der Waals surface area contributed by atoms with Gasteiger partial charge in [-0.2, -0.15) is 13.2 Å². The lowest BCUT2D eigenvalue weighted by atomic mass is 10.1. The molecule has 2 N–H and O–H groups in total. The van der Waals surface area contributed by atoms with E-state index < -0.39 is 23.8 Å². The first-order chi connectivity index (χ1) is 8.25. The predicted molar refractivity (Wildman–Crippen MR) is 64.5 cm³/mol. The summed E-state index contributed by atoms with van der Waals surface area (Å²) in [5.74, 6) is -1.11. The maximum absolute atomic E-state index is 12.5. The van der Waals surface area contributed by atoms with Crippen LogP contribution in [0.25, 0.3) is 0 Å². The Morgan fingerprint density at radius 1 is 1.50 bits per heavy atom. The smallest absolute Gasteiger partial charge is 0.416 e. The molecule has 7 heteroatoms. The molecule has 1 rings (SSSR count). The first kappa shape index (κ1) is 14.8. The molecule has 0 aliphatic rings. The summed E-state index contributed by atoms with van der Waals surface area (Å²) in [7, 11) is 0. The fraction of sp³-hybridized carbons (Fsp3) is 0.364. The van der Waals surface area contributed by atoms with Crippen LogP contribution in [0.15, 0.2) is 22.7 Å². The number of carboxylic acid groups (broad SMARTS) is 1. The molecule has 0 radical (unpaired) electrons. The number of rotatable bonds is 4. The fourth-order valence-corrected chi connectivity index (χ4v) is 1.70. The molecule has 3 nitrogen and oxygen atoms in total. The number of anilines is 1. The van der Waals surface area contributed by atoms with Crippen molar-refractivity contribution >= 4 is 27.6 Å². The molecule has 0 heterocycles. The lowest BCUT2D eigenvalue weighted by Gasteiger charge is -2.16. The van der Waals surface area contributed by atoms with Gasteiger partial charge in [-0.1, -0.05) is 6.92 Å². The SMILES string of the molecule is CCC(Nc1cc(C(F)(F)F)ccc1Br)C(=O)O. The van der Waals surface area contributed by atoms with Crippen LogP contribution in [0.5, 0.6) is 0 Å². The van der Waals surface area contributed by atoms with Gasteiger partial charge in [0.2, 0.25) is 0 Å². The summed E-state index contributed by atoms with van der Waals surface area (Å²) in [4.78, 5) is 10.8. The normalized spacial score (nSPS) is 13.2. The first-order valence-electron chi connectivity index (χ1n) is 5.11. The number of hydrogen-bond donors (Lipinski definition) is 2. The van der Waals surface area contributed by atoms with Crippen molar-refractivity contribution in [3.05, 3.63) is 28.2 Å². The van der Waals surface area contributed by atoms with E-state index in [0.29, 0.717) is 4.47 Å². The average molecular weight is 326 g/mol. The molecule has 0 aliphatic heterocycles. The Morgan fingerprint density at radius 3 is 2.56 bits per heavy atom. The summed E-state index contributed by atoms with van der Waals surface area (Å²) in [5, 5.41) is 11.4. The third-order valence-electron chi connectivity index (χ3n) is 2.33. The Labute approximate surface area is 110 Å². The summed E-state index contributed by atoms with van der Waals surface area (Å²) >= 11 is 3.08. The second kappa shape index (κ2) is 5.60. The van der Waals surface area contributed by atoms with Gasteiger partial charge in [-0.3, -0.25) is 0 Å². The zero-order valence-electron chi connectivity index (χ0n) is 9.38. The van der Waals surface area contributed by atoms with Crippen molar-refractivity contribution in [2.75, 3.05) is 5.32 Å². The quantitative estimate of drug-likeness (QED) is 0.886. The number of aliphatic carboxylic acids is 1. The van der Waals surface area contributed by atoms with Crippen molar-refractivity contribution in [1.29, 1.82) is 0 Å². The molecule has 1 aromatic rings. The van der Waals surface area contributed by atoms with Crippen LogP contribution < -0.4 is 5.32 Å². The van der Waals surface area contributed by atoms with Gasteiger partial charge in [-0.15, -0.1) is 0 Å². The minimum atomic E-state index is -4.46. The zero-order chi connectivity index (χ0) is 13.9. The van der Waals surface area contributed by atoms with Crippen molar-refractivity contribution in [2.24, 2.45) is 0 Å². The van der Waals surface area contributed by atoms with E-state index in [1.165, 1.54) is 6.07 Å². The van der Waals surface area contributed by atoms with E-state index in [4.69, 9.17) is 5.11 Å². The van der Waals surface area contributed by atoms with Crippen LogP contribution in [0.2, 0.25) is 0 Å². The largest absolute Gasteiger partial charge is 0.480 e. The van der Waals surface area contributed by atoms with Crippen molar-refractivity contribution < 1.29 is 23.1 Å². The Morgan fingerprint density at radius 2 is 2.11 bits per heavy atom. The van der Waals surface area contributed by atoms with Gasteiger partial charge in [0.05, 0.1) is 5.56 Å². The molecule has 0 spiro atoms. The van der Waals surface area contributed by atoms with Crippen LogP contribution in [0.4, 0.5) is 18.9 Å². The summed E-state index contributed by atoms with van der Waals surface area (Å²) in [6, 6.07) is 2.12. The van der Waals surface area contributed by atoms with E-state index in [1.807, 2.05) is 0 Å². The number of nitrogens with one attached hydrogen (secondary N) is 1. The van der Waals surface area contributed by atoms with Crippen molar-refractivity contribution in [3.63, 3.8) is 0 Å². The Bertz CT molecular complexity index is 448. The van der Waals surface area contributed by atoms with E-state index in [2.05, 4.69) is 21.2 Å². The van der Waals surface area contributed by atoms with Crippen LogP contribution in [0, 0.1) is 0 Å². The highest BCUT2D eigenvalue weighted by Gasteiger charge is 2.31. The topological polar surface area (TPSA) is 49.3 Å². The Kier molecular flexibility index (Phi) is 4.61. The van der Waals surface area contributed by atoms with Crippen molar-refractivity contribution in [1.82, 2.24) is 0 Å². The monoisotopic (exact) mass is 325 g/mol. The molecule has 0 bridgehead atoms. The fourth-order valence-electron chi connectivity index (χ4n) is 1.34. The molecule has 0 aliphatic carbocycles. The minimum Gasteiger partial charge on any atom is -0.480 e. The average Bonchev–Trinajstić information content (AvgIpc) is 2.25. The summed E-state index contributed by atoms with van der Waals surface area (Å²) < 4.78 is 37.9. The van der Waals surface area contributed by atoms with Gasteiger partial charge in [-0.25, -0.2) is 4.79 Å². The highest BCUT2D eigenvalue weighted by molar-refractivity contribution is 9.10. The summed E-state index contributed by atoms with van der Waals surface area (Å²) in [6.07, 6.45) is -4.19. The second-order valence-corrected chi connectivity index (χ2v) is 4.49. The van der Waals surface area contributed by atoms with Gasteiger partial charge in [0.25, 0.3) is 0 Å². The van der Waals surface area contributed by atoms with E-state index in [0.717, 1.165) is 12.1 Å². The maximum atomic E-state index is 12.5. The molecule has 100 valence electrons. The van der Waals surface area contributed by atoms with Gasteiger partial charge in [0, 0.05) is 10.2 Å². The Balaban J connectivity index is 3.05. The standard InChI is InChI=1S/C11H11BrF3NO2/c1-2-8(10(17)18)16-9-5-6(11(13,14)15)3-4-7(9)12/h3-5,8,16H,2H2,1H3,(H,17,18). The predicted octanol–water partition coefficient (Wildman–Crippen LogP) is 3.74. The zero-order valence-corrected chi connectivity index (χ0v) is 11.0. The molecule has 18 heavy (non-hydrogen) atoms. The molecule has 0 fully saturated rings. The van der Waals surface area contributed by atoms with E-state index in [-0.39, 0.29) is 12.1 Å². The van der Waals surface area contributed by atoms with E-state index >= 15 is 0 Å². The molecule has 0 aromatic heterocycles. The third-order valence-corrected chi connectivity index (χ3v) is 3.02. The number of alkyl halides is 3. The van der Waals surface area contributed by atoms with Crippen molar-refractivity contribution in [3.8, 4) is 0 Å². The van der Waals surface area contributed by atoms with Crippen LogP contribution in [0.3, 0.4) is 0 Å². The van der Waals surface area contributed by atoms with Crippen LogP contribution in [-0.2, 0) is 11.0 Å². The highest BCUT2D eigenvalue weighted by Crippen LogP contribution is 2.34. The second-order valence-electron chi connectivity index (χ2n) is 3.64. The first-order valence-corrected chi connectivity index (χ1v) is 5.91. The van der Waals surface area contributed by atoms with Crippen LogP contribution >= 0.6 is 15.9 Å². The molecule has 1 atom stereocenters. The lowest BCUT2D eigenvalue weighted by molar-refractivity contribution is -0.138. The van der Waals surface area contributed by atoms with Gasteiger partial charge in [0.1, 0.15) is 6.04 Å². The molecule has 1 unspecified atom stereocenters. The lowest BCUT2D eigenvalue weighted by Crippen LogP contribution is -2.28. The van der Waals surface area contributed by atoms with E-state index in [1.54, 1.807) is 6.92 Å². The number of carbonyl (C=O) groups is 1.